The van der Waals surface area contributed by atoms with Crippen LogP contribution in [0.3, 0.4) is 0 Å². The average molecular weight is 599 g/mol. The number of fused-ring (bicyclic) bond motifs is 3. The molecule has 0 saturated carbocycles. The van der Waals surface area contributed by atoms with Crippen LogP contribution < -0.4 is 0 Å². The second-order valence-electron chi connectivity index (χ2n) is 12.5. The zero-order valence-electron chi connectivity index (χ0n) is 22.9. The Balaban J connectivity index is 1.50. The second-order valence-corrected chi connectivity index (χ2v) is 42.9. The first-order valence-electron chi connectivity index (χ1n) is 13.9. The van der Waals surface area contributed by atoms with Gasteiger partial charge < -0.3 is 0 Å². The fraction of sp³-hybridized carbons (Fsp3) is 0.139. The van der Waals surface area contributed by atoms with Crippen LogP contribution in [-0.4, -0.2) is 11.9 Å². The van der Waals surface area contributed by atoms with Crippen molar-refractivity contribution in [1.82, 2.24) is 4.98 Å². The van der Waals surface area contributed by atoms with Crippen LogP contribution in [0.5, 0.6) is 0 Å². The van der Waals surface area contributed by atoms with Crippen LogP contribution in [0.4, 0.5) is 0 Å². The number of para-hydroxylation sites is 1. The molecule has 0 amide bonds. The maximum absolute atomic E-state index is 4.83. The van der Waals surface area contributed by atoms with E-state index in [1.807, 2.05) is 12.3 Å². The minimum absolute atomic E-state index is 0.421. The number of rotatable bonds is 4. The molecule has 0 spiro atoms. The van der Waals surface area contributed by atoms with Gasteiger partial charge in [0.05, 0.1) is 0 Å². The van der Waals surface area contributed by atoms with Crippen molar-refractivity contribution in [2.24, 2.45) is 0 Å². The van der Waals surface area contributed by atoms with Crippen molar-refractivity contribution in [3.05, 3.63) is 143 Å². The average Bonchev–Trinajstić information content (AvgIpc) is 3.52. The van der Waals surface area contributed by atoms with Crippen molar-refractivity contribution < 1.29 is 17.4 Å². The van der Waals surface area contributed by atoms with E-state index in [4.69, 9.17) is 4.98 Å². The van der Waals surface area contributed by atoms with Gasteiger partial charge in [0.15, 0.2) is 0 Å². The van der Waals surface area contributed by atoms with Crippen LogP contribution in [-0.2, 0) is 17.4 Å². The van der Waals surface area contributed by atoms with Gasteiger partial charge in [0, 0.05) is 0 Å². The van der Waals surface area contributed by atoms with Gasteiger partial charge >= 0.3 is 235 Å². The van der Waals surface area contributed by atoms with Gasteiger partial charge in [0.2, 0.25) is 0 Å². The fourth-order valence-electron chi connectivity index (χ4n) is 7.77. The summed E-state index contributed by atoms with van der Waals surface area (Å²) in [7, 11) is 0. The molecule has 7 rings (SSSR count). The van der Waals surface area contributed by atoms with Crippen LogP contribution in [0.15, 0.2) is 115 Å². The van der Waals surface area contributed by atoms with E-state index in [0.717, 1.165) is 5.52 Å². The van der Waals surface area contributed by atoms with Gasteiger partial charge in [-0.25, -0.2) is 0 Å². The Morgan fingerprint density at radius 3 is 2.21 bits per heavy atom. The van der Waals surface area contributed by atoms with Gasteiger partial charge in [-0.2, -0.15) is 0 Å². The summed E-state index contributed by atoms with van der Waals surface area (Å²) in [5, 5.41) is 1.19. The molecule has 2 unspecified atom stereocenters. The Bertz CT molecular complexity index is 1900. The molecule has 0 fully saturated rings. The van der Waals surface area contributed by atoms with Gasteiger partial charge in [-0.1, -0.05) is 0 Å². The number of hydrogen-bond donors (Lipinski definition) is 0. The molecular weight excluding hydrogens is 566 g/mol. The number of allylic oxidation sites excluding steroid dienone is 2. The number of benzene rings is 4. The molecule has 1 heterocycles. The molecule has 1 aromatic heterocycles. The Hall–Kier alpha value is -3.13. The van der Waals surface area contributed by atoms with Crippen LogP contribution in [0.2, 0.25) is 9.26 Å². The molecule has 39 heavy (non-hydrogen) atoms. The van der Waals surface area contributed by atoms with Gasteiger partial charge in [0.25, 0.3) is 0 Å². The third-order valence-corrected chi connectivity index (χ3v) is 26.7. The van der Waals surface area contributed by atoms with E-state index in [0.29, 0.717) is 7.25 Å². The van der Waals surface area contributed by atoms with Crippen LogP contribution in [0.1, 0.15) is 42.0 Å². The normalized spacial score (nSPS) is 18.5. The standard InChI is InChI=1S/C24H16N.C10H9.2CH3.H2Si.Zr/c1-2-7-17(8-3-1)20-15-19-10-5-12-21(23(19)16-20)22-13-4-9-18-11-6-14-25-24(18)22;1-8-6-9-4-2-3-5-10(9)7-8;;;;/h1-16H;2-7H,1H3;2*1H3;1H2;. The van der Waals surface area contributed by atoms with E-state index in [1.165, 1.54) is 55.5 Å². The number of aromatic nitrogens is 1. The molecule has 190 valence electrons. The molecule has 2 aliphatic carbocycles. The van der Waals surface area contributed by atoms with Crippen LogP contribution in [0.25, 0.3) is 39.8 Å². The van der Waals surface area contributed by atoms with E-state index in [-0.39, 0.29) is 0 Å². The fourth-order valence-corrected chi connectivity index (χ4v) is 27.7. The molecule has 5 aromatic rings. The SMILES string of the molecule is CC1=Cc2ccccc2[CH]1[Zr]([CH3])([CH3])(=[SiH2])[CH]1C(c2ccccc2)=Cc2c(-c3cccc4cccnc34)cccc21. The van der Waals surface area contributed by atoms with Crippen molar-refractivity contribution in [2.75, 3.05) is 0 Å². The summed E-state index contributed by atoms with van der Waals surface area (Å²) in [4.78, 5) is 4.83. The van der Waals surface area contributed by atoms with Crippen molar-refractivity contribution >= 4 is 35.5 Å². The van der Waals surface area contributed by atoms with Crippen molar-refractivity contribution in [2.45, 2.75) is 23.4 Å². The summed E-state index contributed by atoms with van der Waals surface area (Å²) in [6.07, 6.45) is 6.90. The second kappa shape index (κ2) is 8.95. The summed E-state index contributed by atoms with van der Waals surface area (Å²) in [5.41, 5.74) is 13.8. The number of hydrogen-bond acceptors (Lipinski definition) is 1. The maximum atomic E-state index is 4.83. The number of pyridine rings is 1. The van der Waals surface area contributed by atoms with E-state index < -0.39 is 17.4 Å². The van der Waals surface area contributed by atoms with Gasteiger partial charge in [-0.05, 0) is 0 Å². The van der Waals surface area contributed by atoms with Crippen molar-refractivity contribution in [1.29, 1.82) is 0 Å². The molecule has 4 aromatic carbocycles. The quantitative estimate of drug-likeness (QED) is 0.188. The van der Waals surface area contributed by atoms with E-state index in [2.05, 4.69) is 132 Å². The third kappa shape index (κ3) is 3.85. The summed E-state index contributed by atoms with van der Waals surface area (Å²) in [5.74, 6) is 0. The molecule has 3 heteroatoms. The molecule has 1 nitrogen and oxygen atoms in total. The van der Waals surface area contributed by atoms with E-state index >= 15 is 0 Å². The Labute approximate surface area is 233 Å². The van der Waals surface area contributed by atoms with Gasteiger partial charge in [0.1, 0.15) is 0 Å². The Morgan fingerprint density at radius 2 is 1.36 bits per heavy atom. The van der Waals surface area contributed by atoms with Crippen molar-refractivity contribution in [3.8, 4) is 11.1 Å². The zero-order valence-corrected chi connectivity index (χ0v) is 26.7. The molecule has 0 radical (unpaired) electrons. The first-order chi connectivity index (χ1) is 18.8. The predicted molar refractivity (Wildman–Crippen MR) is 167 cm³/mol. The monoisotopic (exact) mass is 597 g/mol. The Kier molecular flexibility index (Phi) is 5.71. The van der Waals surface area contributed by atoms with Gasteiger partial charge in [-0.3, -0.25) is 0 Å². The van der Waals surface area contributed by atoms with Crippen LogP contribution in [0, 0.1) is 0 Å². The summed E-state index contributed by atoms with van der Waals surface area (Å²) in [6, 6.07) is 38.0. The molecule has 2 atom stereocenters. The zero-order chi connectivity index (χ0) is 26.8. The number of nitrogens with zero attached hydrogens (tertiary/aromatic N) is 1. The first-order valence-corrected chi connectivity index (χ1v) is 27.6. The van der Waals surface area contributed by atoms with E-state index in [1.54, 1.807) is 0 Å². The Morgan fingerprint density at radius 1 is 0.667 bits per heavy atom. The molecular formula is C36H33NSiZr. The minimum atomic E-state index is -3.64. The van der Waals surface area contributed by atoms with Gasteiger partial charge in [-0.15, -0.1) is 0 Å². The van der Waals surface area contributed by atoms with Crippen LogP contribution >= 0.6 is 0 Å². The first kappa shape index (κ1) is 24.9. The topological polar surface area (TPSA) is 12.9 Å². The molecule has 0 bridgehead atoms. The molecule has 0 saturated heterocycles. The molecule has 0 aliphatic heterocycles. The summed E-state index contributed by atoms with van der Waals surface area (Å²) < 4.78 is 6.37. The third-order valence-electron chi connectivity index (χ3n) is 9.13. The summed E-state index contributed by atoms with van der Waals surface area (Å²) in [6.45, 7) is 4.78. The van der Waals surface area contributed by atoms with Crippen molar-refractivity contribution in [3.63, 3.8) is 0 Å². The molecule has 2 aliphatic rings. The summed E-state index contributed by atoms with van der Waals surface area (Å²) >= 11 is -3.64. The van der Waals surface area contributed by atoms with E-state index in [9.17, 15) is 0 Å². The molecule has 0 N–H and O–H groups in total. The predicted octanol–water partition coefficient (Wildman–Crippen LogP) is 8.99.